The van der Waals surface area contributed by atoms with E-state index < -0.39 is 0 Å². The van der Waals surface area contributed by atoms with Gasteiger partial charge in [-0.15, -0.1) is 0 Å². The molecule has 2 N–H and O–H groups in total. The summed E-state index contributed by atoms with van der Waals surface area (Å²) in [5.74, 6) is 1.64. The van der Waals surface area contributed by atoms with Crippen molar-refractivity contribution in [2.45, 2.75) is 0 Å². The standard InChI is InChI=1S/C15H14BrN3O/c1-19-13-7-6-9(20-2)8-12(13)18-15(19)10-4-3-5-11(16)14(10)17/h3-8H,17H2,1-2H3. The number of hydrogen-bond donors (Lipinski definition) is 1. The number of benzene rings is 2. The van der Waals surface area contributed by atoms with E-state index in [2.05, 4.69) is 20.9 Å². The normalized spacial score (nSPS) is 10.9. The number of halogens is 1. The van der Waals surface area contributed by atoms with Gasteiger partial charge in [-0.25, -0.2) is 4.98 Å². The molecule has 0 unspecified atom stereocenters. The van der Waals surface area contributed by atoms with Crippen LogP contribution < -0.4 is 10.5 Å². The van der Waals surface area contributed by atoms with Crippen LogP contribution in [-0.4, -0.2) is 16.7 Å². The van der Waals surface area contributed by atoms with E-state index in [-0.39, 0.29) is 0 Å². The predicted molar refractivity (Wildman–Crippen MR) is 84.8 cm³/mol. The molecule has 3 rings (SSSR count). The van der Waals surface area contributed by atoms with Crippen LogP contribution in [0.2, 0.25) is 0 Å². The Morgan fingerprint density at radius 3 is 2.80 bits per heavy atom. The molecule has 20 heavy (non-hydrogen) atoms. The molecule has 0 aliphatic rings. The molecule has 0 aliphatic carbocycles. The van der Waals surface area contributed by atoms with E-state index >= 15 is 0 Å². The van der Waals surface area contributed by atoms with Gasteiger partial charge in [-0.1, -0.05) is 6.07 Å². The van der Waals surface area contributed by atoms with E-state index in [1.165, 1.54) is 0 Å². The lowest BCUT2D eigenvalue weighted by Gasteiger charge is -2.07. The SMILES string of the molecule is COc1ccc2c(c1)nc(-c1cccc(Br)c1N)n2C. The largest absolute Gasteiger partial charge is 0.497 e. The fourth-order valence-corrected chi connectivity index (χ4v) is 2.65. The highest BCUT2D eigenvalue weighted by Crippen LogP contribution is 2.33. The summed E-state index contributed by atoms with van der Waals surface area (Å²) in [4.78, 5) is 4.68. The van der Waals surface area contributed by atoms with Gasteiger partial charge in [0.15, 0.2) is 0 Å². The summed E-state index contributed by atoms with van der Waals surface area (Å²) in [7, 11) is 3.63. The van der Waals surface area contributed by atoms with Gasteiger partial charge in [0, 0.05) is 23.2 Å². The van der Waals surface area contributed by atoms with Gasteiger partial charge < -0.3 is 15.0 Å². The summed E-state index contributed by atoms with van der Waals surface area (Å²) in [5, 5.41) is 0. The Bertz CT molecular complexity index is 795. The predicted octanol–water partition coefficient (Wildman–Crippen LogP) is 3.59. The Labute approximate surface area is 125 Å². The van der Waals surface area contributed by atoms with Gasteiger partial charge in [0.25, 0.3) is 0 Å². The zero-order chi connectivity index (χ0) is 14.3. The Balaban J connectivity index is 2.26. The van der Waals surface area contributed by atoms with E-state index in [0.717, 1.165) is 32.6 Å². The lowest BCUT2D eigenvalue weighted by molar-refractivity contribution is 0.415. The molecular weight excluding hydrogens is 318 g/mol. The number of fused-ring (bicyclic) bond motifs is 1. The fourth-order valence-electron chi connectivity index (χ4n) is 2.28. The summed E-state index contributed by atoms with van der Waals surface area (Å²) in [6.07, 6.45) is 0. The Kier molecular flexibility index (Phi) is 3.14. The van der Waals surface area contributed by atoms with Crippen molar-refractivity contribution in [1.82, 2.24) is 9.55 Å². The molecule has 3 aromatic rings. The molecule has 4 nitrogen and oxygen atoms in total. The van der Waals surface area contributed by atoms with Gasteiger partial charge in [-0.2, -0.15) is 0 Å². The number of rotatable bonds is 2. The molecule has 0 amide bonds. The highest BCUT2D eigenvalue weighted by Gasteiger charge is 2.14. The van der Waals surface area contributed by atoms with Gasteiger partial charge in [0.1, 0.15) is 11.6 Å². The topological polar surface area (TPSA) is 53.1 Å². The van der Waals surface area contributed by atoms with Gasteiger partial charge in [0.05, 0.1) is 23.8 Å². The zero-order valence-electron chi connectivity index (χ0n) is 11.2. The first-order valence-corrected chi connectivity index (χ1v) is 6.96. The third-order valence-electron chi connectivity index (χ3n) is 3.38. The van der Waals surface area contributed by atoms with Gasteiger partial charge in [-0.05, 0) is 40.2 Å². The first-order valence-electron chi connectivity index (χ1n) is 6.16. The highest BCUT2D eigenvalue weighted by molar-refractivity contribution is 9.10. The van der Waals surface area contributed by atoms with Crippen molar-refractivity contribution in [2.75, 3.05) is 12.8 Å². The quantitative estimate of drug-likeness (QED) is 0.730. The molecule has 0 saturated heterocycles. The van der Waals surface area contributed by atoms with Crippen molar-refractivity contribution in [1.29, 1.82) is 0 Å². The molecule has 0 radical (unpaired) electrons. The minimum Gasteiger partial charge on any atom is -0.497 e. The number of nitrogen functional groups attached to an aromatic ring is 1. The van der Waals surface area contributed by atoms with E-state index in [4.69, 9.17) is 10.5 Å². The average molecular weight is 332 g/mol. The summed E-state index contributed by atoms with van der Waals surface area (Å²) >= 11 is 3.45. The Morgan fingerprint density at radius 2 is 2.05 bits per heavy atom. The molecule has 0 fully saturated rings. The molecule has 0 atom stereocenters. The maximum Gasteiger partial charge on any atom is 0.142 e. The molecule has 102 valence electrons. The summed E-state index contributed by atoms with van der Waals surface area (Å²) in [6.45, 7) is 0. The number of hydrogen-bond acceptors (Lipinski definition) is 3. The van der Waals surface area contributed by atoms with Crippen LogP contribution in [0.15, 0.2) is 40.9 Å². The third-order valence-corrected chi connectivity index (χ3v) is 4.07. The highest BCUT2D eigenvalue weighted by atomic mass is 79.9. The molecule has 0 bridgehead atoms. The van der Waals surface area contributed by atoms with Gasteiger partial charge in [-0.3, -0.25) is 0 Å². The molecule has 0 aliphatic heterocycles. The minimum absolute atomic E-state index is 0.692. The summed E-state index contributed by atoms with van der Waals surface area (Å²) in [6, 6.07) is 11.7. The van der Waals surface area contributed by atoms with E-state index in [1.807, 2.05) is 48.0 Å². The minimum atomic E-state index is 0.692. The number of methoxy groups -OCH3 is 1. The maximum absolute atomic E-state index is 6.14. The first-order chi connectivity index (χ1) is 9.61. The van der Waals surface area contributed by atoms with Crippen LogP contribution in [-0.2, 0) is 7.05 Å². The number of nitrogens with zero attached hydrogens (tertiary/aromatic N) is 2. The second-order valence-electron chi connectivity index (χ2n) is 4.55. The zero-order valence-corrected chi connectivity index (χ0v) is 12.8. The molecule has 5 heteroatoms. The molecule has 1 heterocycles. The van der Waals surface area contributed by atoms with Crippen LogP contribution in [0.1, 0.15) is 0 Å². The van der Waals surface area contributed by atoms with Gasteiger partial charge >= 0.3 is 0 Å². The maximum atomic E-state index is 6.14. The number of ether oxygens (including phenoxy) is 1. The van der Waals surface area contributed by atoms with E-state index in [0.29, 0.717) is 5.69 Å². The van der Waals surface area contributed by atoms with Crippen molar-refractivity contribution >= 4 is 32.7 Å². The number of aryl methyl sites for hydroxylation is 1. The monoisotopic (exact) mass is 331 g/mol. The van der Waals surface area contributed by atoms with Crippen molar-refractivity contribution in [3.63, 3.8) is 0 Å². The van der Waals surface area contributed by atoms with Crippen molar-refractivity contribution < 1.29 is 4.74 Å². The molecule has 0 saturated carbocycles. The number of aromatic nitrogens is 2. The fraction of sp³-hybridized carbons (Fsp3) is 0.133. The smallest absolute Gasteiger partial charge is 0.142 e. The summed E-state index contributed by atoms with van der Waals surface area (Å²) < 4.78 is 8.15. The van der Waals surface area contributed by atoms with Crippen molar-refractivity contribution in [2.24, 2.45) is 7.05 Å². The average Bonchev–Trinajstić information content (AvgIpc) is 2.78. The first kappa shape index (κ1) is 13.0. The number of para-hydroxylation sites is 1. The number of nitrogens with two attached hydrogens (primary N) is 1. The van der Waals surface area contributed by atoms with Crippen molar-refractivity contribution in [3.8, 4) is 17.1 Å². The van der Waals surface area contributed by atoms with Crippen LogP contribution in [0, 0.1) is 0 Å². The van der Waals surface area contributed by atoms with E-state index in [1.54, 1.807) is 7.11 Å². The van der Waals surface area contributed by atoms with Crippen LogP contribution in [0.4, 0.5) is 5.69 Å². The van der Waals surface area contributed by atoms with Crippen LogP contribution in [0.3, 0.4) is 0 Å². The molecule has 2 aromatic carbocycles. The van der Waals surface area contributed by atoms with Gasteiger partial charge in [0.2, 0.25) is 0 Å². The summed E-state index contributed by atoms with van der Waals surface area (Å²) in [5.41, 5.74) is 9.67. The lowest BCUT2D eigenvalue weighted by Crippen LogP contribution is -1.97. The van der Waals surface area contributed by atoms with Crippen LogP contribution in [0.25, 0.3) is 22.4 Å². The number of imidazole rings is 1. The molecule has 1 aromatic heterocycles. The third kappa shape index (κ3) is 1.94. The van der Waals surface area contributed by atoms with E-state index in [9.17, 15) is 0 Å². The lowest BCUT2D eigenvalue weighted by atomic mass is 10.1. The van der Waals surface area contributed by atoms with Crippen LogP contribution in [0.5, 0.6) is 5.75 Å². The Hall–Kier alpha value is -2.01. The second-order valence-corrected chi connectivity index (χ2v) is 5.40. The van der Waals surface area contributed by atoms with Crippen molar-refractivity contribution in [3.05, 3.63) is 40.9 Å². The Morgan fingerprint density at radius 1 is 1.25 bits per heavy atom. The number of anilines is 1. The van der Waals surface area contributed by atoms with Crippen LogP contribution >= 0.6 is 15.9 Å². The molecular formula is C15H14BrN3O. The second kappa shape index (κ2) is 4.83. The molecule has 0 spiro atoms.